The molecule has 2 unspecified atom stereocenters. The second-order valence-electron chi connectivity index (χ2n) is 5.55. The van der Waals surface area contributed by atoms with Gasteiger partial charge in [0.2, 0.25) is 0 Å². The molecule has 1 aromatic carbocycles. The van der Waals surface area contributed by atoms with Crippen molar-refractivity contribution in [3.05, 3.63) is 29.3 Å². The van der Waals surface area contributed by atoms with E-state index in [2.05, 4.69) is 15.6 Å². The molecule has 8 nitrogen and oxygen atoms in total. The number of aliphatic imine (C=N–C) groups is 1. The first-order chi connectivity index (χ1) is 12.4. The molecule has 144 valence electrons. The van der Waals surface area contributed by atoms with Crippen LogP contribution in [-0.2, 0) is 9.47 Å². The molecule has 1 aromatic rings. The van der Waals surface area contributed by atoms with Crippen molar-refractivity contribution >= 4 is 11.9 Å². The number of amidine groups is 1. The molecule has 2 atom stereocenters. The molecular formula is C16H21F2N3O5. The maximum Gasteiger partial charge on any atom is 0.405 e. The first kappa shape index (κ1) is 19.9. The zero-order chi connectivity index (χ0) is 19.3. The number of hydrogen-bond donors (Lipinski definition) is 3. The predicted octanol–water partition coefficient (Wildman–Crippen LogP) is 1.31. The summed E-state index contributed by atoms with van der Waals surface area (Å²) in [6.07, 6.45) is -1.92. The van der Waals surface area contributed by atoms with Crippen LogP contribution in [0, 0.1) is 11.6 Å². The molecule has 1 heterocycles. The van der Waals surface area contributed by atoms with E-state index in [9.17, 15) is 13.6 Å². The van der Waals surface area contributed by atoms with E-state index in [-0.39, 0.29) is 30.2 Å². The maximum atomic E-state index is 14.4. The van der Waals surface area contributed by atoms with E-state index in [1.165, 1.54) is 21.3 Å². The highest BCUT2D eigenvalue weighted by Gasteiger charge is 2.37. The Morgan fingerprint density at radius 1 is 1.31 bits per heavy atom. The summed E-state index contributed by atoms with van der Waals surface area (Å²) >= 11 is 0. The van der Waals surface area contributed by atoms with Gasteiger partial charge in [-0.05, 0) is 0 Å². The zero-order valence-corrected chi connectivity index (χ0v) is 14.6. The van der Waals surface area contributed by atoms with E-state index in [4.69, 9.17) is 19.3 Å². The van der Waals surface area contributed by atoms with Gasteiger partial charge in [0.1, 0.15) is 23.2 Å². The molecule has 1 aliphatic rings. The van der Waals surface area contributed by atoms with Gasteiger partial charge in [-0.25, -0.2) is 13.6 Å². The number of carboxylic acid groups (broad SMARTS) is 1. The fraction of sp³-hybridized carbons (Fsp3) is 0.500. The summed E-state index contributed by atoms with van der Waals surface area (Å²) in [6.45, 7) is 0.196. The van der Waals surface area contributed by atoms with Crippen LogP contribution < -0.4 is 15.4 Å². The second-order valence-corrected chi connectivity index (χ2v) is 5.55. The molecule has 3 N–H and O–H groups in total. The van der Waals surface area contributed by atoms with E-state index in [1.807, 2.05) is 0 Å². The van der Waals surface area contributed by atoms with Gasteiger partial charge < -0.3 is 30.0 Å². The maximum absolute atomic E-state index is 14.4. The number of halogens is 2. The summed E-state index contributed by atoms with van der Waals surface area (Å²) in [6, 6.07) is 1.15. The van der Waals surface area contributed by atoms with Crippen molar-refractivity contribution in [3.8, 4) is 5.75 Å². The third-order valence-corrected chi connectivity index (χ3v) is 4.07. The number of amides is 1. The fourth-order valence-corrected chi connectivity index (χ4v) is 2.80. The fourth-order valence-electron chi connectivity index (χ4n) is 2.80. The predicted molar refractivity (Wildman–Crippen MR) is 88.7 cm³/mol. The highest BCUT2D eigenvalue weighted by atomic mass is 19.1. The van der Waals surface area contributed by atoms with Crippen molar-refractivity contribution in [2.75, 3.05) is 34.4 Å². The summed E-state index contributed by atoms with van der Waals surface area (Å²) in [7, 11) is 4.19. The van der Waals surface area contributed by atoms with E-state index in [0.29, 0.717) is 0 Å². The number of methoxy groups -OCH3 is 3. The van der Waals surface area contributed by atoms with Crippen LogP contribution in [0.4, 0.5) is 13.6 Å². The minimum Gasteiger partial charge on any atom is -0.497 e. The first-order valence-corrected chi connectivity index (χ1v) is 7.77. The molecule has 26 heavy (non-hydrogen) atoms. The average molecular weight is 373 g/mol. The lowest BCUT2D eigenvalue weighted by atomic mass is 9.91. The summed E-state index contributed by atoms with van der Waals surface area (Å²) in [5, 5.41) is 14.3. The lowest BCUT2D eigenvalue weighted by Gasteiger charge is -2.24. The number of ether oxygens (including phenoxy) is 3. The normalized spacial score (nSPS) is 19.4. The van der Waals surface area contributed by atoms with E-state index in [0.717, 1.165) is 12.1 Å². The highest BCUT2D eigenvalue weighted by Crippen LogP contribution is 2.32. The van der Waals surface area contributed by atoms with Crippen LogP contribution in [0.25, 0.3) is 0 Å². The zero-order valence-electron chi connectivity index (χ0n) is 14.6. The van der Waals surface area contributed by atoms with Crippen LogP contribution in [0.15, 0.2) is 17.1 Å². The van der Waals surface area contributed by atoms with Gasteiger partial charge in [0.15, 0.2) is 6.29 Å². The summed E-state index contributed by atoms with van der Waals surface area (Å²) in [5.74, 6) is -2.21. The molecule has 10 heteroatoms. The topological polar surface area (TPSA) is 101 Å². The Bertz CT molecular complexity index is 659. The number of rotatable bonds is 7. The molecule has 0 saturated heterocycles. The smallest absolute Gasteiger partial charge is 0.405 e. The molecule has 1 amide bonds. The van der Waals surface area contributed by atoms with Crippen molar-refractivity contribution in [2.24, 2.45) is 4.99 Å². The lowest BCUT2D eigenvalue weighted by molar-refractivity contribution is -0.0966. The average Bonchev–Trinajstić information content (AvgIpc) is 2.97. The Morgan fingerprint density at radius 3 is 2.42 bits per heavy atom. The highest BCUT2D eigenvalue weighted by molar-refractivity contribution is 5.92. The quantitative estimate of drug-likeness (QED) is 0.623. The number of benzene rings is 1. The van der Waals surface area contributed by atoms with Gasteiger partial charge in [-0.1, -0.05) is 0 Å². The largest absolute Gasteiger partial charge is 0.497 e. The summed E-state index contributed by atoms with van der Waals surface area (Å²) in [5.41, 5.74) is -0.250. The standard InChI is InChI=1S/C16H21F2N3O5/c1-24-8-4-10(17)13(11(18)5-8)9-6-19-15(14(9)21-16(22)23)20-7-12(25-2)26-3/h4-5,9,12,14,21H,6-7H2,1-3H3,(H,19,20)(H,22,23). The molecule has 0 aromatic heterocycles. The molecule has 0 radical (unpaired) electrons. The Kier molecular flexibility index (Phi) is 6.70. The molecule has 0 aliphatic carbocycles. The second kappa shape index (κ2) is 8.77. The molecule has 0 fully saturated rings. The van der Waals surface area contributed by atoms with Gasteiger partial charge in [-0.3, -0.25) is 4.99 Å². The van der Waals surface area contributed by atoms with Gasteiger partial charge in [0, 0.05) is 37.8 Å². The molecule has 0 spiro atoms. The van der Waals surface area contributed by atoms with Crippen LogP contribution in [0.3, 0.4) is 0 Å². The number of nitrogens with one attached hydrogen (secondary N) is 2. The molecule has 1 aliphatic heterocycles. The SMILES string of the molecule is COc1cc(F)c(C2CN=C(NCC(OC)OC)C2NC(=O)O)c(F)c1. The Morgan fingerprint density at radius 2 is 1.92 bits per heavy atom. The first-order valence-electron chi connectivity index (χ1n) is 7.77. The van der Waals surface area contributed by atoms with Crippen LogP contribution in [0.1, 0.15) is 11.5 Å². The van der Waals surface area contributed by atoms with Crippen molar-refractivity contribution < 1.29 is 32.9 Å². The van der Waals surface area contributed by atoms with Gasteiger partial charge in [-0.15, -0.1) is 0 Å². The molecule has 0 saturated carbocycles. The third kappa shape index (κ3) is 4.38. The minimum atomic E-state index is -1.33. The third-order valence-electron chi connectivity index (χ3n) is 4.07. The van der Waals surface area contributed by atoms with Crippen molar-refractivity contribution in [1.29, 1.82) is 0 Å². The van der Waals surface area contributed by atoms with E-state index in [1.54, 1.807) is 0 Å². The Labute approximate surface area is 149 Å². The van der Waals surface area contributed by atoms with E-state index >= 15 is 0 Å². The van der Waals surface area contributed by atoms with Crippen LogP contribution in [0.2, 0.25) is 0 Å². The van der Waals surface area contributed by atoms with Crippen LogP contribution in [0.5, 0.6) is 5.75 Å². The summed E-state index contributed by atoms with van der Waals surface area (Å²) in [4.78, 5) is 15.3. The number of carbonyl (C=O) groups is 1. The van der Waals surface area contributed by atoms with Gasteiger partial charge in [-0.2, -0.15) is 0 Å². The van der Waals surface area contributed by atoms with Gasteiger partial charge in [0.25, 0.3) is 0 Å². The van der Waals surface area contributed by atoms with Crippen LogP contribution in [-0.4, -0.2) is 63.8 Å². The van der Waals surface area contributed by atoms with Gasteiger partial charge >= 0.3 is 6.09 Å². The van der Waals surface area contributed by atoms with E-state index < -0.39 is 36.0 Å². The number of hydrogen-bond acceptors (Lipinski definition) is 6. The lowest BCUT2D eigenvalue weighted by Crippen LogP contribution is -2.49. The molecular weight excluding hydrogens is 352 g/mol. The monoisotopic (exact) mass is 373 g/mol. The molecule has 2 rings (SSSR count). The van der Waals surface area contributed by atoms with Crippen molar-refractivity contribution in [3.63, 3.8) is 0 Å². The minimum absolute atomic E-state index is 0.0120. The van der Waals surface area contributed by atoms with Crippen molar-refractivity contribution in [2.45, 2.75) is 18.2 Å². The van der Waals surface area contributed by atoms with Gasteiger partial charge in [0.05, 0.1) is 26.2 Å². The number of nitrogens with zero attached hydrogens (tertiary/aromatic N) is 1. The van der Waals surface area contributed by atoms with Crippen molar-refractivity contribution in [1.82, 2.24) is 10.6 Å². The Balaban J connectivity index is 2.26. The molecule has 0 bridgehead atoms. The van der Waals surface area contributed by atoms with Crippen LogP contribution >= 0.6 is 0 Å². The Hall–Kier alpha value is -2.46. The summed E-state index contributed by atoms with van der Waals surface area (Å²) < 4.78 is 43.7.